The van der Waals surface area contributed by atoms with Gasteiger partial charge in [-0.3, -0.25) is 0 Å². The molecule has 4 rings (SSSR count). The lowest BCUT2D eigenvalue weighted by Crippen LogP contribution is -2.55. The molecular formula is C26H32O12. The van der Waals surface area contributed by atoms with E-state index in [2.05, 4.69) is 0 Å². The van der Waals surface area contributed by atoms with E-state index < -0.39 is 60.4 Å². The summed E-state index contributed by atoms with van der Waals surface area (Å²) in [6, 6.07) is 7.48. The summed E-state index contributed by atoms with van der Waals surface area (Å²) in [6.07, 6.45) is -7.57. The fourth-order valence-electron chi connectivity index (χ4n) is 5.02. The van der Waals surface area contributed by atoms with Crippen LogP contribution in [-0.2, 0) is 27.1 Å². The highest BCUT2D eigenvalue weighted by Crippen LogP contribution is 2.43. The zero-order chi connectivity index (χ0) is 27.8. The summed E-state index contributed by atoms with van der Waals surface area (Å²) in [5.74, 6) is -1.81. The molecule has 0 radical (unpaired) electrons. The van der Waals surface area contributed by atoms with E-state index in [9.17, 15) is 40.5 Å². The molecule has 0 saturated carbocycles. The largest absolute Gasteiger partial charge is 0.504 e. The summed E-state index contributed by atoms with van der Waals surface area (Å²) < 4.78 is 21.2. The van der Waals surface area contributed by atoms with Gasteiger partial charge in [0.25, 0.3) is 0 Å². The van der Waals surface area contributed by atoms with E-state index >= 15 is 0 Å². The molecule has 2 aromatic rings. The van der Waals surface area contributed by atoms with Crippen molar-refractivity contribution >= 4 is 5.97 Å². The third-order valence-corrected chi connectivity index (χ3v) is 7.23. The highest BCUT2D eigenvalue weighted by Gasteiger charge is 2.51. The van der Waals surface area contributed by atoms with Gasteiger partial charge in [-0.1, -0.05) is 6.07 Å². The summed E-state index contributed by atoms with van der Waals surface area (Å²) in [7, 11) is 2.69. The number of aliphatic hydroxyl groups excluding tert-OH is 4. The summed E-state index contributed by atoms with van der Waals surface area (Å²) in [4.78, 5) is 12.7. The van der Waals surface area contributed by atoms with E-state index in [-0.39, 0.29) is 42.3 Å². The smallest absolute Gasteiger partial charge is 0.338 e. The molecule has 2 heterocycles. The molecule has 12 nitrogen and oxygen atoms in total. The predicted molar refractivity (Wildman–Crippen MR) is 129 cm³/mol. The molecule has 0 spiro atoms. The fraction of sp³-hybridized carbons (Fsp3) is 0.500. The van der Waals surface area contributed by atoms with Gasteiger partial charge in [0, 0.05) is 17.9 Å². The van der Waals surface area contributed by atoms with E-state index in [4.69, 9.17) is 18.9 Å². The molecule has 12 heteroatoms. The number of phenols is 2. The topological polar surface area (TPSA) is 196 Å². The van der Waals surface area contributed by atoms with Gasteiger partial charge in [-0.15, -0.1) is 0 Å². The first-order valence-electron chi connectivity index (χ1n) is 12.0. The number of aliphatic hydroxyl groups is 5. The van der Waals surface area contributed by atoms with Gasteiger partial charge in [0.2, 0.25) is 0 Å². The highest BCUT2D eigenvalue weighted by atomic mass is 16.6. The lowest BCUT2D eigenvalue weighted by Gasteiger charge is -2.40. The molecule has 7 N–H and O–H groups in total. The molecule has 0 aliphatic carbocycles. The van der Waals surface area contributed by atoms with E-state index in [0.29, 0.717) is 11.1 Å². The molecule has 208 valence electrons. The van der Waals surface area contributed by atoms with E-state index in [1.54, 1.807) is 12.1 Å². The molecule has 38 heavy (non-hydrogen) atoms. The van der Waals surface area contributed by atoms with Crippen LogP contribution in [0.25, 0.3) is 0 Å². The van der Waals surface area contributed by atoms with Crippen LogP contribution >= 0.6 is 0 Å². The van der Waals surface area contributed by atoms with Gasteiger partial charge < -0.3 is 54.7 Å². The number of rotatable bonds is 8. The van der Waals surface area contributed by atoms with Crippen molar-refractivity contribution in [3.63, 3.8) is 0 Å². The minimum absolute atomic E-state index is 0.0361. The van der Waals surface area contributed by atoms with Crippen LogP contribution in [0, 0.1) is 5.92 Å². The Hall–Kier alpha value is -3.13. The average Bonchev–Trinajstić information content (AvgIpc) is 3.17. The van der Waals surface area contributed by atoms with Crippen molar-refractivity contribution in [3.8, 4) is 23.0 Å². The number of carbonyl (C=O) groups excluding carboxylic acids is 1. The van der Waals surface area contributed by atoms with Crippen LogP contribution < -0.4 is 9.47 Å². The summed E-state index contributed by atoms with van der Waals surface area (Å²) in [5, 5.41) is 72.6. The number of hydrogen-bond donors (Lipinski definition) is 7. The lowest BCUT2D eigenvalue weighted by molar-refractivity contribution is -0.232. The predicted octanol–water partition coefficient (Wildman–Crippen LogP) is -0.681. The van der Waals surface area contributed by atoms with Crippen LogP contribution in [0.5, 0.6) is 23.0 Å². The van der Waals surface area contributed by atoms with Gasteiger partial charge >= 0.3 is 5.97 Å². The molecule has 0 aromatic heterocycles. The normalized spacial score (nSPS) is 31.2. The molecule has 2 aromatic carbocycles. The van der Waals surface area contributed by atoms with Crippen molar-refractivity contribution in [1.82, 2.24) is 0 Å². The van der Waals surface area contributed by atoms with Crippen molar-refractivity contribution in [3.05, 3.63) is 47.0 Å². The molecule has 2 aliphatic heterocycles. The minimum atomic E-state index is -1.97. The average molecular weight is 537 g/mol. The van der Waals surface area contributed by atoms with Crippen LogP contribution in [-0.4, -0.2) is 99.2 Å². The first-order valence-corrected chi connectivity index (χ1v) is 12.0. The Labute approximate surface area is 218 Å². The number of benzene rings is 2. The SMILES string of the molecule is COc1cc(C[C@H]2COC(=O)[C@]2(O)Cc2cc(OC)c(O)c([C@@H]3O[C@H](CO)[C@@H](O)[C@H](O)[C@H]3O)c2)ccc1O. The van der Waals surface area contributed by atoms with Crippen LogP contribution in [0.15, 0.2) is 30.3 Å². The number of methoxy groups -OCH3 is 2. The molecular weight excluding hydrogens is 504 g/mol. The second kappa shape index (κ2) is 10.9. The number of hydrogen-bond acceptors (Lipinski definition) is 12. The van der Waals surface area contributed by atoms with Crippen molar-refractivity contribution in [1.29, 1.82) is 0 Å². The van der Waals surface area contributed by atoms with Crippen molar-refractivity contribution in [2.24, 2.45) is 5.92 Å². The van der Waals surface area contributed by atoms with Crippen LogP contribution in [0.1, 0.15) is 22.8 Å². The number of aromatic hydroxyl groups is 2. The van der Waals surface area contributed by atoms with Gasteiger partial charge in [0.15, 0.2) is 28.6 Å². The number of cyclic esters (lactones) is 1. The summed E-state index contributed by atoms with van der Waals surface area (Å²) >= 11 is 0. The van der Waals surface area contributed by atoms with Crippen LogP contribution in [0.2, 0.25) is 0 Å². The minimum Gasteiger partial charge on any atom is -0.504 e. The van der Waals surface area contributed by atoms with E-state index in [0.717, 1.165) is 0 Å². The third-order valence-electron chi connectivity index (χ3n) is 7.23. The third kappa shape index (κ3) is 4.98. The van der Waals surface area contributed by atoms with Gasteiger partial charge in [-0.2, -0.15) is 0 Å². The zero-order valence-corrected chi connectivity index (χ0v) is 20.9. The molecule has 0 unspecified atom stereocenters. The molecule has 7 atom stereocenters. The Kier molecular flexibility index (Phi) is 8.02. The van der Waals surface area contributed by atoms with Gasteiger partial charge in [0.1, 0.15) is 30.5 Å². The monoisotopic (exact) mass is 536 g/mol. The van der Waals surface area contributed by atoms with Crippen LogP contribution in [0.4, 0.5) is 0 Å². The maximum atomic E-state index is 12.7. The Balaban J connectivity index is 1.66. The lowest BCUT2D eigenvalue weighted by atomic mass is 9.80. The molecule has 2 saturated heterocycles. The summed E-state index contributed by atoms with van der Waals surface area (Å²) in [5.41, 5.74) is -1.00. The van der Waals surface area contributed by atoms with Gasteiger partial charge in [-0.25, -0.2) is 4.79 Å². The molecule has 0 bridgehead atoms. The Morgan fingerprint density at radius 2 is 1.66 bits per heavy atom. The van der Waals surface area contributed by atoms with Crippen molar-refractivity contribution in [2.45, 2.75) is 49.0 Å². The van der Waals surface area contributed by atoms with Gasteiger partial charge in [0.05, 0.1) is 27.4 Å². The van der Waals surface area contributed by atoms with Crippen molar-refractivity contribution < 1.29 is 59.5 Å². The zero-order valence-electron chi connectivity index (χ0n) is 20.9. The quantitative estimate of drug-likeness (QED) is 0.210. The molecule has 2 aliphatic rings. The number of phenolic OH excluding ortho intramolecular Hbond substituents is 2. The number of carbonyl (C=O) groups is 1. The van der Waals surface area contributed by atoms with Crippen LogP contribution in [0.3, 0.4) is 0 Å². The first kappa shape index (κ1) is 27.9. The van der Waals surface area contributed by atoms with Gasteiger partial charge in [-0.05, 0) is 41.8 Å². The van der Waals surface area contributed by atoms with E-state index in [1.165, 1.54) is 32.4 Å². The summed E-state index contributed by atoms with van der Waals surface area (Å²) in [6.45, 7) is -0.721. The molecule has 2 fully saturated rings. The second-order valence-corrected chi connectivity index (χ2v) is 9.59. The maximum Gasteiger partial charge on any atom is 0.338 e. The highest BCUT2D eigenvalue weighted by molar-refractivity contribution is 5.82. The van der Waals surface area contributed by atoms with E-state index in [1.807, 2.05) is 0 Å². The maximum absolute atomic E-state index is 12.7. The van der Waals surface area contributed by atoms with Crippen molar-refractivity contribution in [2.75, 3.05) is 27.4 Å². The Morgan fingerprint density at radius 1 is 0.974 bits per heavy atom. The molecule has 0 amide bonds. The Morgan fingerprint density at radius 3 is 2.32 bits per heavy atom. The second-order valence-electron chi connectivity index (χ2n) is 9.59. The first-order chi connectivity index (χ1) is 18.0. The number of ether oxygens (including phenoxy) is 4. The standard InChI is InChI=1S/C26H32O12/c1-35-17-7-12(3-4-16(17)28)5-14-11-37-25(33)26(14,34)9-13-6-15(20(29)18(8-13)36-2)24-23(32)22(31)21(30)19(10-27)38-24/h3-4,6-8,14,19,21-24,27-32,34H,5,9-11H2,1-2H3/t14-,19+,21+,22-,23+,24-,26-/m0/s1. The Bertz CT molecular complexity index is 1170. The fourth-order valence-corrected chi connectivity index (χ4v) is 5.02. The number of esters is 1.